The molecular formula is C19H19N5O3S2. The lowest BCUT2D eigenvalue weighted by atomic mass is 10.3. The van der Waals surface area contributed by atoms with Crippen LogP contribution in [0.3, 0.4) is 0 Å². The number of anilines is 2. The Hall–Kier alpha value is -2.82. The van der Waals surface area contributed by atoms with Gasteiger partial charge in [0.2, 0.25) is 15.9 Å². The Labute approximate surface area is 172 Å². The van der Waals surface area contributed by atoms with Gasteiger partial charge < -0.3 is 10.2 Å². The molecular weight excluding hydrogens is 410 g/mol. The fraction of sp³-hybridized carbons (Fsp3) is 0.211. The van der Waals surface area contributed by atoms with Gasteiger partial charge in [-0.05, 0) is 41.8 Å². The van der Waals surface area contributed by atoms with Gasteiger partial charge in [-0.1, -0.05) is 6.58 Å². The van der Waals surface area contributed by atoms with Crippen molar-refractivity contribution in [1.82, 2.24) is 14.3 Å². The SMILES string of the molecule is C=CC(=O)Nc1ccc(S(=O)(=O)N2CCN(c3ncnc4sccc34)CC2)cc1. The van der Waals surface area contributed by atoms with E-state index in [1.807, 2.05) is 11.4 Å². The quantitative estimate of drug-likeness (QED) is 0.626. The molecule has 1 aromatic carbocycles. The van der Waals surface area contributed by atoms with Crippen LogP contribution in [0.15, 0.2) is 59.6 Å². The summed E-state index contributed by atoms with van der Waals surface area (Å²) < 4.78 is 27.4. The molecule has 2 aromatic heterocycles. The Kier molecular flexibility index (Phi) is 5.31. The summed E-state index contributed by atoms with van der Waals surface area (Å²) in [4.78, 5) is 23.2. The van der Waals surface area contributed by atoms with Crippen LogP contribution in [0.4, 0.5) is 11.5 Å². The molecule has 150 valence electrons. The van der Waals surface area contributed by atoms with E-state index in [0.29, 0.717) is 31.9 Å². The zero-order valence-electron chi connectivity index (χ0n) is 15.5. The average molecular weight is 430 g/mol. The number of benzene rings is 1. The summed E-state index contributed by atoms with van der Waals surface area (Å²) >= 11 is 1.56. The third-order valence-corrected chi connectivity index (χ3v) is 7.46. The first kappa shape index (κ1) is 19.5. The summed E-state index contributed by atoms with van der Waals surface area (Å²) in [7, 11) is -3.61. The van der Waals surface area contributed by atoms with Gasteiger partial charge in [-0.25, -0.2) is 18.4 Å². The predicted octanol–water partition coefficient (Wildman–Crippen LogP) is 2.33. The fourth-order valence-corrected chi connectivity index (χ4v) is 5.37. The van der Waals surface area contributed by atoms with E-state index >= 15 is 0 Å². The fourth-order valence-electron chi connectivity index (χ4n) is 3.22. The molecule has 1 aliphatic rings. The molecule has 0 atom stereocenters. The van der Waals surface area contributed by atoms with E-state index in [1.54, 1.807) is 29.8 Å². The lowest BCUT2D eigenvalue weighted by Crippen LogP contribution is -2.49. The molecule has 1 N–H and O–H groups in total. The van der Waals surface area contributed by atoms with Gasteiger partial charge in [0.25, 0.3) is 0 Å². The standard InChI is InChI=1S/C19H19N5O3S2/c1-2-17(25)22-14-3-5-15(6-4-14)29(26,27)24-10-8-23(9-11-24)18-16-7-12-28-19(16)21-13-20-18/h2-7,12-13H,1,8-11H2,(H,22,25). The second-order valence-electron chi connectivity index (χ2n) is 6.45. The maximum atomic E-state index is 13.0. The maximum absolute atomic E-state index is 13.0. The molecule has 8 nitrogen and oxygen atoms in total. The molecule has 1 aliphatic heterocycles. The van der Waals surface area contributed by atoms with Gasteiger partial charge in [0, 0.05) is 31.9 Å². The first-order valence-corrected chi connectivity index (χ1v) is 11.3. The molecule has 1 saturated heterocycles. The summed E-state index contributed by atoms with van der Waals surface area (Å²) in [5, 5.41) is 5.57. The Morgan fingerprint density at radius 3 is 2.52 bits per heavy atom. The number of hydrogen-bond donors (Lipinski definition) is 1. The molecule has 10 heteroatoms. The summed E-state index contributed by atoms with van der Waals surface area (Å²) in [6.07, 6.45) is 2.70. The number of carbonyl (C=O) groups is 1. The van der Waals surface area contributed by atoms with Crippen molar-refractivity contribution < 1.29 is 13.2 Å². The van der Waals surface area contributed by atoms with E-state index in [2.05, 4.69) is 26.8 Å². The Morgan fingerprint density at radius 2 is 1.83 bits per heavy atom. The highest BCUT2D eigenvalue weighted by Gasteiger charge is 2.29. The maximum Gasteiger partial charge on any atom is 0.247 e. The number of fused-ring (bicyclic) bond motifs is 1. The van der Waals surface area contributed by atoms with Crippen LogP contribution in [-0.2, 0) is 14.8 Å². The van der Waals surface area contributed by atoms with Crippen molar-refractivity contribution in [3.05, 3.63) is 54.7 Å². The van der Waals surface area contributed by atoms with Crippen LogP contribution in [0.25, 0.3) is 10.2 Å². The normalized spacial score (nSPS) is 15.4. The number of thiophene rings is 1. The van der Waals surface area contributed by atoms with E-state index in [9.17, 15) is 13.2 Å². The summed E-state index contributed by atoms with van der Waals surface area (Å²) in [5.41, 5.74) is 0.516. The monoisotopic (exact) mass is 429 g/mol. The van der Waals surface area contributed by atoms with Crippen LogP contribution in [0.2, 0.25) is 0 Å². The highest BCUT2D eigenvalue weighted by molar-refractivity contribution is 7.89. The van der Waals surface area contributed by atoms with Crippen molar-refractivity contribution in [2.24, 2.45) is 0 Å². The molecule has 3 heterocycles. The number of piperazine rings is 1. The second-order valence-corrected chi connectivity index (χ2v) is 9.28. The van der Waals surface area contributed by atoms with Gasteiger partial charge in [-0.3, -0.25) is 4.79 Å². The van der Waals surface area contributed by atoms with Crippen LogP contribution < -0.4 is 10.2 Å². The van der Waals surface area contributed by atoms with Crippen LogP contribution in [0, 0.1) is 0 Å². The molecule has 4 rings (SSSR count). The summed E-state index contributed by atoms with van der Waals surface area (Å²) in [5.74, 6) is 0.497. The number of carbonyl (C=O) groups excluding carboxylic acids is 1. The lowest BCUT2D eigenvalue weighted by molar-refractivity contribution is -0.111. The van der Waals surface area contributed by atoms with Crippen molar-refractivity contribution in [2.45, 2.75) is 4.90 Å². The van der Waals surface area contributed by atoms with Gasteiger partial charge in [0.15, 0.2) is 0 Å². The lowest BCUT2D eigenvalue weighted by Gasteiger charge is -2.34. The van der Waals surface area contributed by atoms with Crippen LogP contribution >= 0.6 is 11.3 Å². The average Bonchev–Trinajstić information content (AvgIpc) is 3.23. The molecule has 3 aromatic rings. The zero-order chi connectivity index (χ0) is 20.4. The molecule has 0 radical (unpaired) electrons. The van der Waals surface area contributed by atoms with Gasteiger partial charge in [0.1, 0.15) is 17.0 Å². The molecule has 0 bridgehead atoms. The van der Waals surface area contributed by atoms with E-state index in [-0.39, 0.29) is 10.8 Å². The number of nitrogens with one attached hydrogen (secondary N) is 1. The molecule has 0 saturated carbocycles. The number of sulfonamides is 1. The predicted molar refractivity (Wildman–Crippen MR) is 114 cm³/mol. The van der Waals surface area contributed by atoms with E-state index < -0.39 is 10.0 Å². The minimum atomic E-state index is -3.61. The third kappa shape index (κ3) is 3.86. The third-order valence-electron chi connectivity index (χ3n) is 4.72. The second kappa shape index (κ2) is 7.90. The minimum Gasteiger partial charge on any atom is -0.353 e. The van der Waals surface area contributed by atoms with Crippen molar-refractivity contribution in [3.63, 3.8) is 0 Å². The van der Waals surface area contributed by atoms with Crippen molar-refractivity contribution in [2.75, 3.05) is 36.4 Å². The van der Waals surface area contributed by atoms with Crippen LogP contribution in [0.1, 0.15) is 0 Å². The highest BCUT2D eigenvalue weighted by Crippen LogP contribution is 2.28. The molecule has 0 aliphatic carbocycles. The first-order valence-electron chi connectivity index (χ1n) is 8.96. The Bertz CT molecular complexity index is 1150. The number of hydrogen-bond acceptors (Lipinski definition) is 7. The minimum absolute atomic E-state index is 0.199. The number of aromatic nitrogens is 2. The Morgan fingerprint density at radius 1 is 1.10 bits per heavy atom. The van der Waals surface area contributed by atoms with Gasteiger partial charge in [0.05, 0.1) is 10.3 Å². The highest BCUT2D eigenvalue weighted by atomic mass is 32.2. The smallest absolute Gasteiger partial charge is 0.247 e. The van der Waals surface area contributed by atoms with E-state index in [1.165, 1.54) is 16.4 Å². The topological polar surface area (TPSA) is 95.5 Å². The zero-order valence-corrected chi connectivity index (χ0v) is 17.1. The summed E-state index contributed by atoms with van der Waals surface area (Å²) in [6.45, 7) is 5.23. The number of amides is 1. The Balaban J connectivity index is 1.46. The number of nitrogens with zero attached hydrogens (tertiary/aromatic N) is 4. The first-order chi connectivity index (χ1) is 14.0. The van der Waals surface area contributed by atoms with Gasteiger partial charge >= 0.3 is 0 Å². The molecule has 1 amide bonds. The van der Waals surface area contributed by atoms with Crippen molar-refractivity contribution in [3.8, 4) is 0 Å². The van der Waals surface area contributed by atoms with Gasteiger partial charge in [-0.15, -0.1) is 11.3 Å². The van der Waals surface area contributed by atoms with Crippen LogP contribution in [0.5, 0.6) is 0 Å². The van der Waals surface area contributed by atoms with Gasteiger partial charge in [-0.2, -0.15) is 4.31 Å². The summed E-state index contributed by atoms with van der Waals surface area (Å²) in [6, 6.07) is 8.13. The van der Waals surface area contributed by atoms with E-state index in [4.69, 9.17) is 0 Å². The molecule has 29 heavy (non-hydrogen) atoms. The molecule has 0 unspecified atom stereocenters. The largest absolute Gasteiger partial charge is 0.353 e. The molecule has 0 spiro atoms. The van der Waals surface area contributed by atoms with Crippen molar-refractivity contribution >= 4 is 49.0 Å². The molecule has 1 fully saturated rings. The number of rotatable bonds is 5. The van der Waals surface area contributed by atoms with Crippen LogP contribution in [-0.4, -0.2) is 54.8 Å². The van der Waals surface area contributed by atoms with E-state index in [0.717, 1.165) is 22.1 Å². The van der Waals surface area contributed by atoms with Crippen molar-refractivity contribution in [1.29, 1.82) is 0 Å².